The molecular formula is C21H23F3N2O3. The highest BCUT2D eigenvalue weighted by atomic mass is 19.4. The van der Waals surface area contributed by atoms with Crippen LogP contribution >= 0.6 is 0 Å². The van der Waals surface area contributed by atoms with E-state index in [0.29, 0.717) is 37.3 Å². The molecule has 1 aromatic heterocycles. The van der Waals surface area contributed by atoms with Gasteiger partial charge in [0.15, 0.2) is 0 Å². The van der Waals surface area contributed by atoms with Crippen LogP contribution in [-0.4, -0.2) is 47.5 Å². The number of hydrogen-bond donors (Lipinski definition) is 1. The SMILES string of the molecule is CCOC(=O)C1Cc2cc(C(=O)C(F)(F)F)[nH]c2CCN(Cc2ccccc2)C1. The van der Waals surface area contributed by atoms with Crippen molar-refractivity contribution in [1.82, 2.24) is 9.88 Å². The number of rotatable bonds is 5. The molecule has 0 saturated carbocycles. The fourth-order valence-corrected chi connectivity index (χ4v) is 3.63. The Balaban J connectivity index is 1.86. The van der Waals surface area contributed by atoms with Crippen LogP contribution < -0.4 is 0 Å². The van der Waals surface area contributed by atoms with Gasteiger partial charge in [-0.3, -0.25) is 14.5 Å². The van der Waals surface area contributed by atoms with Crippen molar-refractivity contribution in [3.8, 4) is 0 Å². The Kier molecular flexibility index (Phi) is 6.42. The fourth-order valence-electron chi connectivity index (χ4n) is 3.63. The zero-order valence-corrected chi connectivity index (χ0v) is 16.1. The zero-order valence-electron chi connectivity index (χ0n) is 16.1. The zero-order chi connectivity index (χ0) is 21.0. The Morgan fingerprint density at radius 3 is 2.62 bits per heavy atom. The molecule has 0 spiro atoms. The van der Waals surface area contributed by atoms with Crippen LogP contribution in [0, 0.1) is 5.92 Å². The number of carbonyl (C=O) groups is 2. The van der Waals surface area contributed by atoms with Gasteiger partial charge in [0.05, 0.1) is 18.2 Å². The number of fused-ring (bicyclic) bond motifs is 1. The first-order valence-corrected chi connectivity index (χ1v) is 9.53. The first-order valence-electron chi connectivity index (χ1n) is 9.53. The number of nitrogens with one attached hydrogen (secondary N) is 1. The van der Waals surface area contributed by atoms with Crippen molar-refractivity contribution in [3.05, 3.63) is 58.9 Å². The summed E-state index contributed by atoms with van der Waals surface area (Å²) in [5.41, 5.74) is 1.72. The summed E-state index contributed by atoms with van der Waals surface area (Å²) in [4.78, 5) is 28.8. The number of H-pyrrole nitrogens is 1. The molecule has 29 heavy (non-hydrogen) atoms. The van der Waals surface area contributed by atoms with Crippen LogP contribution in [0.5, 0.6) is 0 Å². The number of benzene rings is 1. The Bertz CT molecular complexity index is 862. The van der Waals surface area contributed by atoms with Gasteiger partial charge < -0.3 is 9.72 Å². The molecule has 1 aromatic carbocycles. The van der Waals surface area contributed by atoms with Crippen LogP contribution in [0.4, 0.5) is 13.2 Å². The lowest BCUT2D eigenvalue weighted by molar-refractivity contribution is -0.148. The van der Waals surface area contributed by atoms with Gasteiger partial charge in [0.1, 0.15) is 0 Å². The van der Waals surface area contributed by atoms with Gasteiger partial charge in [-0.2, -0.15) is 13.2 Å². The maximum atomic E-state index is 12.8. The summed E-state index contributed by atoms with van der Waals surface area (Å²) < 4.78 is 43.6. The van der Waals surface area contributed by atoms with E-state index < -0.39 is 23.6 Å². The van der Waals surface area contributed by atoms with Crippen LogP contribution in [0.25, 0.3) is 0 Å². The summed E-state index contributed by atoms with van der Waals surface area (Å²) >= 11 is 0. The van der Waals surface area contributed by atoms with E-state index in [1.807, 2.05) is 30.3 Å². The standard InChI is InChI=1S/C21H23F3N2O3/c1-2-29-20(28)16-10-15-11-18(19(27)21(22,23)24)25-17(15)8-9-26(13-16)12-14-6-4-3-5-7-14/h3-7,11,16,25H,2,8-10,12-13H2,1H3. The van der Waals surface area contributed by atoms with Gasteiger partial charge in [0.25, 0.3) is 5.78 Å². The molecule has 156 valence electrons. The molecule has 0 saturated heterocycles. The lowest BCUT2D eigenvalue weighted by Gasteiger charge is -2.29. The van der Waals surface area contributed by atoms with E-state index in [2.05, 4.69) is 9.88 Å². The maximum Gasteiger partial charge on any atom is 0.456 e. The number of halogens is 3. The lowest BCUT2D eigenvalue weighted by Crippen LogP contribution is -2.38. The number of alkyl halides is 3. The van der Waals surface area contributed by atoms with Crippen molar-refractivity contribution in [2.45, 2.75) is 32.5 Å². The number of esters is 1. The average Bonchev–Trinajstić information content (AvgIpc) is 3.05. The first kappa shape index (κ1) is 21.1. The second-order valence-corrected chi connectivity index (χ2v) is 7.14. The predicted octanol–water partition coefficient (Wildman–Crippen LogP) is 3.54. The van der Waals surface area contributed by atoms with E-state index in [1.165, 1.54) is 6.07 Å². The second-order valence-electron chi connectivity index (χ2n) is 7.14. The molecule has 0 aliphatic carbocycles. The second kappa shape index (κ2) is 8.82. The minimum atomic E-state index is -4.94. The molecule has 1 unspecified atom stereocenters. The van der Waals surface area contributed by atoms with Gasteiger partial charge in [-0.1, -0.05) is 30.3 Å². The summed E-state index contributed by atoms with van der Waals surface area (Å²) in [6.45, 7) is 3.52. The molecule has 1 aliphatic rings. The molecule has 1 atom stereocenters. The molecule has 8 heteroatoms. The van der Waals surface area contributed by atoms with Crippen molar-refractivity contribution >= 4 is 11.8 Å². The van der Waals surface area contributed by atoms with Crippen molar-refractivity contribution in [2.75, 3.05) is 19.7 Å². The smallest absolute Gasteiger partial charge is 0.456 e. The number of hydrogen-bond acceptors (Lipinski definition) is 4. The Morgan fingerprint density at radius 2 is 1.97 bits per heavy atom. The van der Waals surface area contributed by atoms with E-state index in [4.69, 9.17) is 4.74 Å². The van der Waals surface area contributed by atoms with E-state index in [9.17, 15) is 22.8 Å². The van der Waals surface area contributed by atoms with Crippen LogP contribution in [0.2, 0.25) is 0 Å². The van der Waals surface area contributed by atoms with Crippen LogP contribution in [0.15, 0.2) is 36.4 Å². The highest BCUT2D eigenvalue weighted by Crippen LogP contribution is 2.26. The van der Waals surface area contributed by atoms with Crippen molar-refractivity contribution in [2.24, 2.45) is 5.92 Å². The van der Waals surface area contributed by atoms with Crippen molar-refractivity contribution in [3.63, 3.8) is 0 Å². The van der Waals surface area contributed by atoms with Crippen LogP contribution in [0.1, 0.15) is 34.2 Å². The maximum absolute atomic E-state index is 12.8. The highest BCUT2D eigenvalue weighted by molar-refractivity contribution is 5.99. The molecule has 2 aromatic rings. The van der Waals surface area contributed by atoms with Gasteiger partial charge in [0, 0.05) is 31.7 Å². The topological polar surface area (TPSA) is 62.4 Å². The molecule has 0 fully saturated rings. The molecule has 0 amide bonds. The van der Waals surface area contributed by atoms with Gasteiger partial charge in [-0.05, 0) is 30.5 Å². The van der Waals surface area contributed by atoms with Gasteiger partial charge in [-0.15, -0.1) is 0 Å². The van der Waals surface area contributed by atoms with Gasteiger partial charge >= 0.3 is 12.1 Å². The largest absolute Gasteiger partial charge is 0.466 e. The summed E-state index contributed by atoms with van der Waals surface area (Å²) in [7, 11) is 0. The number of ketones is 1. The number of aromatic amines is 1. The third-order valence-electron chi connectivity index (χ3n) is 4.99. The Hall–Kier alpha value is -2.61. The van der Waals surface area contributed by atoms with Crippen molar-refractivity contribution in [1.29, 1.82) is 0 Å². The van der Waals surface area contributed by atoms with Crippen LogP contribution in [-0.2, 0) is 28.9 Å². The molecule has 2 heterocycles. The quantitative estimate of drug-likeness (QED) is 0.607. The Morgan fingerprint density at radius 1 is 1.24 bits per heavy atom. The first-order chi connectivity index (χ1) is 13.8. The molecule has 1 aliphatic heterocycles. The minimum Gasteiger partial charge on any atom is -0.466 e. The molecule has 5 nitrogen and oxygen atoms in total. The molecule has 1 N–H and O–H groups in total. The minimum absolute atomic E-state index is 0.223. The summed E-state index contributed by atoms with van der Waals surface area (Å²) in [5, 5.41) is 0. The van der Waals surface area contributed by atoms with Gasteiger partial charge in [-0.25, -0.2) is 0 Å². The summed E-state index contributed by atoms with van der Waals surface area (Å²) in [6.07, 6.45) is -4.26. The monoisotopic (exact) mass is 408 g/mol. The van der Waals surface area contributed by atoms with E-state index in [1.54, 1.807) is 6.92 Å². The average molecular weight is 408 g/mol. The third kappa shape index (κ3) is 5.26. The lowest BCUT2D eigenvalue weighted by atomic mass is 9.95. The predicted molar refractivity (Wildman–Crippen MR) is 100 cm³/mol. The molecule has 0 bridgehead atoms. The number of nitrogens with zero attached hydrogens (tertiary/aromatic N) is 1. The molecular weight excluding hydrogens is 385 g/mol. The summed E-state index contributed by atoms with van der Waals surface area (Å²) in [5.74, 6) is -2.82. The molecule has 0 radical (unpaired) electrons. The van der Waals surface area contributed by atoms with Gasteiger partial charge in [0.2, 0.25) is 0 Å². The van der Waals surface area contributed by atoms with E-state index in [0.717, 1.165) is 5.56 Å². The number of ether oxygens (including phenoxy) is 1. The van der Waals surface area contributed by atoms with E-state index >= 15 is 0 Å². The van der Waals surface area contributed by atoms with E-state index in [-0.39, 0.29) is 19.0 Å². The number of Topliss-reactive ketones (excluding diaryl/α,β-unsaturated/α-hetero) is 1. The Labute approximate surface area is 166 Å². The van der Waals surface area contributed by atoms with Crippen molar-refractivity contribution < 1.29 is 27.5 Å². The fraction of sp³-hybridized carbons (Fsp3) is 0.429. The highest BCUT2D eigenvalue weighted by Gasteiger charge is 2.41. The van der Waals surface area contributed by atoms with Crippen LogP contribution in [0.3, 0.4) is 0 Å². The summed E-state index contributed by atoms with van der Waals surface area (Å²) in [6, 6.07) is 11.0. The molecule has 3 rings (SSSR count). The number of aromatic nitrogens is 1. The third-order valence-corrected chi connectivity index (χ3v) is 4.99. The number of carbonyl (C=O) groups excluding carboxylic acids is 2. The normalized spacial score (nSPS) is 17.9.